The van der Waals surface area contributed by atoms with Crippen molar-refractivity contribution >= 4 is 5.82 Å². The highest BCUT2D eigenvalue weighted by atomic mass is 15.0. The zero-order valence-corrected chi connectivity index (χ0v) is 12.0. The summed E-state index contributed by atoms with van der Waals surface area (Å²) in [6, 6.07) is 0.607. The molecule has 0 bridgehead atoms. The van der Waals surface area contributed by atoms with Crippen molar-refractivity contribution in [2.24, 2.45) is 5.92 Å². The van der Waals surface area contributed by atoms with E-state index >= 15 is 0 Å². The van der Waals surface area contributed by atoms with Crippen LogP contribution in [-0.4, -0.2) is 16.0 Å². The van der Waals surface area contributed by atoms with Crippen molar-refractivity contribution in [3.05, 3.63) is 17.6 Å². The summed E-state index contributed by atoms with van der Waals surface area (Å²) in [5, 5.41) is 3.74. The maximum Gasteiger partial charge on any atom is 0.133 e. The Hall–Kier alpha value is -1.12. The maximum absolute atomic E-state index is 4.54. The van der Waals surface area contributed by atoms with Crippen LogP contribution in [0, 0.1) is 5.92 Å². The molecule has 2 aliphatic rings. The lowest BCUT2D eigenvalue weighted by Crippen LogP contribution is -2.31. The van der Waals surface area contributed by atoms with Gasteiger partial charge in [0.1, 0.15) is 12.1 Å². The molecule has 1 saturated carbocycles. The highest BCUT2D eigenvalue weighted by molar-refractivity contribution is 5.47. The average Bonchev–Trinajstić information content (AvgIpc) is 2.67. The van der Waals surface area contributed by atoms with E-state index in [-0.39, 0.29) is 0 Å². The van der Waals surface area contributed by atoms with E-state index in [2.05, 4.69) is 22.2 Å². The van der Waals surface area contributed by atoms with Gasteiger partial charge in [-0.25, -0.2) is 9.97 Å². The number of fused-ring (bicyclic) bond motifs is 1. The van der Waals surface area contributed by atoms with Gasteiger partial charge in [-0.2, -0.15) is 0 Å². The van der Waals surface area contributed by atoms with Gasteiger partial charge in [-0.3, -0.25) is 0 Å². The molecule has 1 heterocycles. The van der Waals surface area contributed by atoms with Crippen LogP contribution in [0.2, 0.25) is 0 Å². The summed E-state index contributed by atoms with van der Waals surface area (Å²) in [5.74, 6) is 1.90. The Labute approximate surface area is 116 Å². The molecular formula is C16H25N3. The van der Waals surface area contributed by atoms with Crippen LogP contribution >= 0.6 is 0 Å². The highest BCUT2D eigenvalue weighted by Crippen LogP contribution is 2.29. The van der Waals surface area contributed by atoms with Gasteiger partial charge in [0, 0.05) is 17.3 Å². The number of hydrogen-bond donors (Lipinski definition) is 1. The minimum absolute atomic E-state index is 0.607. The van der Waals surface area contributed by atoms with Gasteiger partial charge >= 0.3 is 0 Å². The molecule has 2 unspecified atom stereocenters. The van der Waals surface area contributed by atoms with Crippen LogP contribution < -0.4 is 5.32 Å². The van der Waals surface area contributed by atoms with Crippen LogP contribution in [0.15, 0.2) is 6.33 Å². The molecule has 3 rings (SSSR count). The minimum Gasteiger partial charge on any atom is -0.367 e. The molecule has 104 valence electrons. The molecule has 1 fully saturated rings. The van der Waals surface area contributed by atoms with Gasteiger partial charge in [0.25, 0.3) is 0 Å². The van der Waals surface area contributed by atoms with Gasteiger partial charge in [0.05, 0.1) is 0 Å². The molecule has 0 saturated heterocycles. The van der Waals surface area contributed by atoms with Crippen LogP contribution in [0.5, 0.6) is 0 Å². The van der Waals surface area contributed by atoms with Gasteiger partial charge in [-0.1, -0.05) is 26.2 Å². The number of hydrogen-bond acceptors (Lipinski definition) is 3. The van der Waals surface area contributed by atoms with Crippen molar-refractivity contribution in [2.45, 2.75) is 70.8 Å². The number of aryl methyl sites for hydroxylation is 1. The molecule has 0 aliphatic heterocycles. The molecule has 1 aromatic heterocycles. The fourth-order valence-corrected chi connectivity index (χ4v) is 3.53. The van der Waals surface area contributed by atoms with Crippen LogP contribution in [0.1, 0.15) is 63.1 Å². The standard InChI is InChI=1S/C16H25N3/c1-12-7-5-6-9-14(12)19-16-13-8-3-2-4-10-15(13)17-11-18-16/h11-12,14H,2-10H2,1H3,(H,17,18,19). The monoisotopic (exact) mass is 259 g/mol. The molecule has 3 nitrogen and oxygen atoms in total. The van der Waals surface area contributed by atoms with Crippen molar-refractivity contribution in [3.63, 3.8) is 0 Å². The highest BCUT2D eigenvalue weighted by Gasteiger charge is 2.23. The summed E-state index contributed by atoms with van der Waals surface area (Å²) in [5.41, 5.74) is 2.69. The summed E-state index contributed by atoms with van der Waals surface area (Å²) in [7, 11) is 0. The Bertz CT molecular complexity index is 430. The summed E-state index contributed by atoms with van der Waals surface area (Å²) < 4.78 is 0. The number of aromatic nitrogens is 2. The average molecular weight is 259 g/mol. The number of nitrogens with zero attached hydrogens (tertiary/aromatic N) is 2. The largest absolute Gasteiger partial charge is 0.367 e. The molecule has 19 heavy (non-hydrogen) atoms. The second kappa shape index (κ2) is 5.89. The first-order valence-corrected chi connectivity index (χ1v) is 7.94. The topological polar surface area (TPSA) is 37.8 Å². The molecule has 1 aromatic rings. The third-order valence-corrected chi connectivity index (χ3v) is 4.81. The maximum atomic E-state index is 4.54. The second-order valence-corrected chi connectivity index (χ2v) is 6.22. The van der Waals surface area contributed by atoms with Gasteiger partial charge in [-0.05, 0) is 44.4 Å². The number of anilines is 1. The molecule has 3 heteroatoms. The Morgan fingerprint density at radius 2 is 1.84 bits per heavy atom. The van der Waals surface area contributed by atoms with E-state index in [1.807, 2.05) is 0 Å². The Kier molecular flexibility index (Phi) is 4.00. The molecule has 0 spiro atoms. The first-order valence-electron chi connectivity index (χ1n) is 7.94. The van der Waals surface area contributed by atoms with Gasteiger partial charge in [0.15, 0.2) is 0 Å². The van der Waals surface area contributed by atoms with Crippen LogP contribution in [0.4, 0.5) is 5.82 Å². The summed E-state index contributed by atoms with van der Waals surface area (Å²) in [6.07, 6.45) is 13.3. The minimum atomic E-state index is 0.607. The molecule has 2 aliphatic carbocycles. The number of rotatable bonds is 2. The van der Waals surface area contributed by atoms with Crippen LogP contribution in [-0.2, 0) is 12.8 Å². The quantitative estimate of drug-likeness (QED) is 0.822. The van der Waals surface area contributed by atoms with Crippen LogP contribution in [0.25, 0.3) is 0 Å². The van der Waals surface area contributed by atoms with Crippen molar-refractivity contribution < 1.29 is 0 Å². The first kappa shape index (κ1) is 12.9. The zero-order valence-electron chi connectivity index (χ0n) is 12.0. The molecule has 0 aromatic carbocycles. The lowest BCUT2D eigenvalue weighted by molar-refractivity contribution is 0.348. The lowest BCUT2D eigenvalue weighted by Gasteiger charge is -2.30. The fourth-order valence-electron chi connectivity index (χ4n) is 3.53. The molecule has 0 amide bonds. The Morgan fingerprint density at radius 1 is 1.00 bits per heavy atom. The van der Waals surface area contributed by atoms with Crippen molar-refractivity contribution in [1.29, 1.82) is 0 Å². The van der Waals surface area contributed by atoms with Gasteiger partial charge in [0.2, 0.25) is 0 Å². The molecular weight excluding hydrogens is 234 g/mol. The predicted octanol–water partition coefficient (Wildman–Crippen LogP) is 3.74. The Balaban J connectivity index is 1.80. The SMILES string of the molecule is CC1CCCCC1Nc1ncnc2c1CCCCC2. The van der Waals surface area contributed by atoms with E-state index in [1.165, 1.54) is 56.2 Å². The zero-order chi connectivity index (χ0) is 13.1. The Morgan fingerprint density at radius 3 is 2.74 bits per heavy atom. The third kappa shape index (κ3) is 2.90. The fraction of sp³-hybridized carbons (Fsp3) is 0.750. The summed E-state index contributed by atoms with van der Waals surface area (Å²) in [4.78, 5) is 9.04. The van der Waals surface area contributed by atoms with Gasteiger partial charge < -0.3 is 5.32 Å². The third-order valence-electron chi connectivity index (χ3n) is 4.81. The normalized spacial score (nSPS) is 27.4. The second-order valence-electron chi connectivity index (χ2n) is 6.22. The van der Waals surface area contributed by atoms with Crippen molar-refractivity contribution in [3.8, 4) is 0 Å². The van der Waals surface area contributed by atoms with E-state index in [0.717, 1.165) is 24.6 Å². The van der Waals surface area contributed by atoms with Crippen molar-refractivity contribution in [2.75, 3.05) is 5.32 Å². The van der Waals surface area contributed by atoms with E-state index in [9.17, 15) is 0 Å². The molecule has 2 atom stereocenters. The summed E-state index contributed by atoms with van der Waals surface area (Å²) >= 11 is 0. The molecule has 1 N–H and O–H groups in total. The molecule has 0 radical (unpaired) electrons. The van der Waals surface area contributed by atoms with E-state index < -0.39 is 0 Å². The van der Waals surface area contributed by atoms with Crippen molar-refractivity contribution in [1.82, 2.24) is 9.97 Å². The summed E-state index contributed by atoms with van der Waals surface area (Å²) in [6.45, 7) is 2.37. The van der Waals surface area contributed by atoms with E-state index in [4.69, 9.17) is 0 Å². The van der Waals surface area contributed by atoms with Gasteiger partial charge in [-0.15, -0.1) is 0 Å². The van der Waals surface area contributed by atoms with E-state index in [0.29, 0.717) is 6.04 Å². The first-order chi connectivity index (χ1) is 9.34. The smallest absolute Gasteiger partial charge is 0.133 e. The number of nitrogens with one attached hydrogen (secondary N) is 1. The van der Waals surface area contributed by atoms with E-state index in [1.54, 1.807) is 6.33 Å². The predicted molar refractivity (Wildman–Crippen MR) is 78.3 cm³/mol. The lowest BCUT2D eigenvalue weighted by atomic mass is 9.86. The van der Waals surface area contributed by atoms with Crippen LogP contribution in [0.3, 0.4) is 0 Å².